The van der Waals surface area contributed by atoms with Crippen molar-refractivity contribution in [2.75, 3.05) is 0 Å². The Bertz CT molecular complexity index is 1360. The molecule has 4 aromatic rings. The molecule has 0 aliphatic carbocycles. The molecule has 0 bridgehead atoms. The fourth-order valence-corrected chi connectivity index (χ4v) is 4.63. The van der Waals surface area contributed by atoms with Gasteiger partial charge in [-0.05, 0) is 63.6 Å². The molecule has 0 spiro atoms. The average molecular weight is 494 g/mol. The van der Waals surface area contributed by atoms with Crippen LogP contribution in [0.5, 0.6) is 5.75 Å². The number of benzene rings is 1. The molecule has 0 aliphatic rings. The highest BCUT2D eigenvalue weighted by atomic mass is 32.2. The smallest absolute Gasteiger partial charge is 0.154 e. The van der Waals surface area contributed by atoms with Crippen molar-refractivity contribution in [1.29, 1.82) is 0 Å². The number of hydrogen-bond acceptors (Lipinski definition) is 6. The van der Waals surface area contributed by atoms with Gasteiger partial charge < -0.3 is 10.2 Å². The molecule has 9 heteroatoms. The third-order valence-corrected chi connectivity index (χ3v) is 7.26. The summed E-state index contributed by atoms with van der Waals surface area (Å²) >= 11 is 0. The molecule has 0 amide bonds. The SMILES string of the molecule is CCC[C@H](N[S@](=O)C(C)(C)C)c1cccc(-c2cc(O)c3cnn(-c4cccc(CO)n4)c3c2)n1. The third-order valence-electron chi connectivity index (χ3n) is 5.64. The second-order valence-electron chi connectivity index (χ2n) is 9.42. The number of aliphatic hydroxyl groups excluding tert-OH is 1. The van der Waals surface area contributed by atoms with Crippen LogP contribution in [0.25, 0.3) is 28.0 Å². The van der Waals surface area contributed by atoms with Crippen LogP contribution in [-0.2, 0) is 17.6 Å². The molecule has 8 nitrogen and oxygen atoms in total. The number of aromatic hydroxyl groups is 1. The maximum Gasteiger partial charge on any atom is 0.154 e. The van der Waals surface area contributed by atoms with E-state index < -0.39 is 11.0 Å². The number of hydrogen-bond donors (Lipinski definition) is 3. The second-order valence-corrected chi connectivity index (χ2v) is 11.4. The Balaban J connectivity index is 1.75. The average Bonchev–Trinajstić information content (AvgIpc) is 3.28. The highest BCUT2D eigenvalue weighted by Gasteiger charge is 2.24. The van der Waals surface area contributed by atoms with E-state index in [1.54, 1.807) is 35.1 Å². The zero-order chi connectivity index (χ0) is 25.2. The lowest BCUT2D eigenvalue weighted by molar-refractivity contribution is 0.276. The third kappa shape index (κ3) is 5.42. The molecule has 4 rings (SSSR count). The van der Waals surface area contributed by atoms with Crippen LogP contribution in [-0.4, -0.2) is 38.9 Å². The van der Waals surface area contributed by atoms with Gasteiger partial charge in [-0.25, -0.2) is 18.6 Å². The zero-order valence-electron chi connectivity index (χ0n) is 20.4. The Hall–Kier alpha value is -3.14. The molecular weight excluding hydrogens is 462 g/mol. The molecular formula is C26H31N5O3S. The van der Waals surface area contributed by atoms with Crippen LogP contribution in [0.4, 0.5) is 0 Å². The van der Waals surface area contributed by atoms with Crippen molar-refractivity contribution in [2.45, 2.75) is 57.9 Å². The summed E-state index contributed by atoms with van der Waals surface area (Å²) < 4.78 is 17.3. The van der Waals surface area contributed by atoms with E-state index in [4.69, 9.17) is 4.98 Å². The minimum absolute atomic E-state index is 0.0892. The van der Waals surface area contributed by atoms with Gasteiger partial charge in [-0.15, -0.1) is 0 Å². The summed E-state index contributed by atoms with van der Waals surface area (Å²) in [5.74, 6) is 0.632. The van der Waals surface area contributed by atoms with E-state index in [0.717, 1.165) is 24.1 Å². The van der Waals surface area contributed by atoms with Crippen molar-refractivity contribution >= 4 is 21.9 Å². The van der Waals surface area contributed by atoms with Gasteiger partial charge in [-0.3, -0.25) is 4.98 Å². The van der Waals surface area contributed by atoms with E-state index in [2.05, 4.69) is 21.7 Å². The van der Waals surface area contributed by atoms with Crippen LogP contribution in [0.1, 0.15) is 58.0 Å². The molecule has 0 aliphatic heterocycles. The maximum absolute atomic E-state index is 12.8. The van der Waals surface area contributed by atoms with Gasteiger partial charge in [-0.2, -0.15) is 5.10 Å². The van der Waals surface area contributed by atoms with Crippen LogP contribution in [0, 0.1) is 0 Å². The van der Waals surface area contributed by atoms with E-state index in [1.807, 2.05) is 45.0 Å². The Morgan fingerprint density at radius 3 is 2.60 bits per heavy atom. The summed E-state index contributed by atoms with van der Waals surface area (Å²) in [6.07, 6.45) is 3.30. The largest absolute Gasteiger partial charge is 0.507 e. The molecule has 3 heterocycles. The molecule has 3 aromatic heterocycles. The lowest BCUT2D eigenvalue weighted by Crippen LogP contribution is -2.36. The molecule has 0 saturated carbocycles. The second kappa shape index (κ2) is 10.2. The Kier molecular flexibility index (Phi) is 7.30. The van der Waals surface area contributed by atoms with Crippen LogP contribution >= 0.6 is 0 Å². The number of phenols is 1. The molecule has 0 unspecified atom stereocenters. The van der Waals surface area contributed by atoms with Crippen molar-refractivity contribution in [3.63, 3.8) is 0 Å². The minimum atomic E-state index is -1.23. The van der Waals surface area contributed by atoms with E-state index in [-0.39, 0.29) is 23.1 Å². The van der Waals surface area contributed by atoms with Crippen LogP contribution in [0.2, 0.25) is 0 Å². The Labute approximate surface area is 207 Å². The number of nitrogens with one attached hydrogen (secondary N) is 1. The molecule has 35 heavy (non-hydrogen) atoms. The molecule has 0 radical (unpaired) electrons. The normalized spacial score (nSPS) is 13.7. The number of phenolic OH excluding ortho intramolecular Hbond substituents is 1. The van der Waals surface area contributed by atoms with Crippen LogP contribution < -0.4 is 4.72 Å². The van der Waals surface area contributed by atoms with Gasteiger partial charge >= 0.3 is 0 Å². The van der Waals surface area contributed by atoms with E-state index in [0.29, 0.717) is 28.1 Å². The van der Waals surface area contributed by atoms with Gasteiger partial charge in [0.25, 0.3) is 0 Å². The Morgan fingerprint density at radius 1 is 1.11 bits per heavy atom. The predicted molar refractivity (Wildman–Crippen MR) is 138 cm³/mol. The number of fused-ring (bicyclic) bond motifs is 1. The summed E-state index contributed by atoms with van der Waals surface area (Å²) in [6.45, 7) is 7.73. The highest BCUT2D eigenvalue weighted by Crippen LogP contribution is 2.33. The fraction of sp³-hybridized carbons (Fsp3) is 0.346. The van der Waals surface area contributed by atoms with Crippen LogP contribution in [0.15, 0.2) is 54.7 Å². The lowest BCUT2D eigenvalue weighted by Gasteiger charge is -2.24. The number of aliphatic hydroxyl groups is 1. The van der Waals surface area contributed by atoms with Crippen molar-refractivity contribution in [1.82, 2.24) is 24.5 Å². The topological polar surface area (TPSA) is 113 Å². The van der Waals surface area contributed by atoms with E-state index in [1.165, 1.54) is 0 Å². The summed E-state index contributed by atoms with van der Waals surface area (Å²) in [5, 5.41) is 25.2. The number of nitrogens with zero attached hydrogens (tertiary/aromatic N) is 4. The monoisotopic (exact) mass is 493 g/mol. The highest BCUT2D eigenvalue weighted by molar-refractivity contribution is 7.84. The van der Waals surface area contributed by atoms with Crippen molar-refractivity contribution in [3.8, 4) is 22.8 Å². The van der Waals surface area contributed by atoms with Gasteiger partial charge in [0.15, 0.2) is 5.82 Å². The van der Waals surface area contributed by atoms with Gasteiger partial charge in [0, 0.05) is 5.56 Å². The van der Waals surface area contributed by atoms with E-state index in [9.17, 15) is 14.4 Å². The quantitative estimate of drug-likeness (QED) is 0.331. The van der Waals surface area contributed by atoms with Crippen molar-refractivity contribution in [3.05, 3.63) is 66.1 Å². The minimum Gasteiger partial charge on any atom is -0.507 e. The van der Waals surface area contributed by atoms with Gasteiger partial charge in [-0.1, -0.05) is 25.5 Å². The van der Waals surface area contributed by atoms with Crippen molar-refractivity contribution in [2.24, 2.45) is 0 Å². The first-order valence-electron chi connectivity index (χ1n) is 11.6. The number of rotatable bonds is 8. The van der Waals surface area contributed by atoms with Gasteiger partial charge in [0.2, 0.25) is 0 Å². The molecule has 0 saturated heterocycles. The first kappa shape index (κ1) is 25.0. The van der Waals surface area contributed by atoms with Crippen LogP contribution in [0.3, 0.4) is 0 Å². The number of aromatic nitrogens is 4. The van der Waals surface area contributed by atoms with E-state index >= 15 is 0 Å². The summed E-state index contributed by atoms with van der Waals surface area (Å²) in [4.78, 5) is 9.31. The molecule has 2 atom stereocenters. The summed E-state index contributed by atoms with van der Waals surface area (Å²) in [6, 6.07) is 14.5. The molecule has 0 fully saturated rings. The maximum atomic E-state index is 12.8. The fourth-order valence-electron chi connectivity index (χ4n) is 3.78. The summed E-state index contributed by atoms with van der Waals surface area (Å²) in [5.41, 5.74) is 3.42. The molecule has 1 aromatic carbocycles. The molecule has 184 valence electrons. The first-order chi connectivity index (χ1) is 16.7. The van der Waals surface area contributed by atoms with Gasteiger partial charge in [0.1, 0.15) is 5.75 Å². The van der Waals surface area contributed by atoms with Crippen molar-refractivity contribution < 1.29 is 14.4 Å². The predicted octanol–water partition coefficient (Wildman–Crippen LogP) is 4.57. The number of pyridine rings is 2. The lowest BCUT2D eigenvalue weighted by atomic mass is 10.1. The first-order valence-corrected chi connectivity index (χ1v) is 12.8. The summed E-state index contributed by atoms with van der Waals surface area (Å²) in [7, 11) is -1.23. The van der Waals surface area contributed by atoms with Gasteiger partial charge in [0.05, 0.1) is 62.6 Å². The molecule has 3 N–H and O–H groups in total. The standard InChI is InChI=1S/C26H31N5O3S/c1-5-8-22(30-35(34)26(2,3)4)21-11-7-10-20(29-21)17-13-23-19(24(33)14-17)15-27-31(23)25-12-6-9-18(16-32)28-25/h6-7,9-15,22,30,32-33H,5,8,16H2,1-4H3/t22-,35+/m0/s1. The zero-order valence-corrected chi connectivity index (χ0v) is 21.2. The Morgan fingerprint density at radius 2 is 1.89 bits per heavy atom.